The lowest BCUT2D eigenvalue weighted by Crippen LogP contribution is -2.49. The molecule has 2 saturated heterocycles. The maximum atomic E-state index is 5.97. The Bertz CT molecular complexity index is 766. The van der Waals surface area contributed by atoms with Crippen LogP contribution in [-0.4, -0.2) is 71.9 Å². The van der Waals surface area contributed by atoms with Crippen molar-refractivity contribution in [3.8, 4) is 0 Å². The molecule has 0 saturated carbocycles. The summed E-state index contributed by atoms with van der Waals surface area (Å²) in [6.07, 6.45) is 8.17. The van der Waals surface area contributed by atoms with Crippen LogP contribution in [0, 0.1) is 0 Å². The minimum Gasteiger partial charge on any atom is -0.468 e. The van der Waals surface area contributed by atoms with Crippen molar-refractivity contribution in [2.24, 2.45) is 12.0 Å². The van der Waals surface area contributed by atoms with Crippen molar-refractivity contribution in [3.63, 3.8) is 0 Å². The number of nitrogens with one attached hydrogen (secondary N) is 1. The highest BCUT2D eigenvalue weighted by molar-refractivity contribution is 5.80. The Hall–Kier alpha value is -2.32. The zero-order chi connectivity index (χ0) is 19.3. The van der Waals surface area contributed by atoms with E-state index in [1.165, 1.54) is 12.8 Å². The molecule has 2 aliphatic rings. The third-order valence-electron chi connectivity index (χ3n) is 5.58. The second-order valence-electron chi connectivity index (χ2n) is 7.46. The number of rotatable bonds is 5. The Balaban J connectivity index is 1.40. The summed E-state index contributed by atoms with van der Waals surface area (Å²) in [4.78, 5) is 9.30. The molecule has 4 rings (SSSR count). The number of guanidine groups is 1. The molecule has 4 heterocycles. The van der Waals surface area contributed by atoms with Gasteiger partial charge < -0.3 is 19.4 Å². The van der Waals surface area contributed by atoms with Crippen molar-refractivity contribution >= 4 is 5.96 Å². The van der Waals surface area contributed by atoms with Gasteiger partial charge in [-0.25, -0.2) is 0 Å². The number of furan rings is 1. The molecule has 152 valence electrons. The summed E-state index contributed by atoms with van der Waals surface area (Å²) in [5, 5.41) is 7.85. The molecule has 2 aromatic rings. The molecule has 2 aliphatic heterocycles. The summed E-state index contributed by atoms with van der Waals surface area (Å²) >= 11 is 0. The molecule has 1 N–H and O–H groups in total. The van der Waals surface area contributed by atoms with Gasteiger partial charge in [-0.05, 0) is 38.1 Å². The van der Waals surface area contributed by atoms with E-state index in [1.54, 1.807) is 6.26 Å². The molecule has 0 radical (unpaired) electrons. The molecule has 2 unspecified atom stereocenters. The lowest BCUT2D eigenvalue weighted by atomic mass is 10.1. The molecule has 2 aromatic heterocycles. The average molecular weight is 387 g/mol. The molecular weight excluding hydrogens is 356 g/mol. The van der Waals surface area contributed by atoms with Crippen molar-refractivity contribution in [1.29, 1.82) is 0 Å². The predicted molar refractivity (Wildman–Crippen MR) is 107 cm³/mol. The summed E-state index contributed by atoms with van der Waals surface area (Å²) in [5.41, 5.74) is 1.10. The molecular formula is C20H30N6O2. The van der Waals surface area contributed by atoms with Crippen molar-refractivity contribution in [2.45, 2.75) is 25.0 Å². The molecule has 2 fully saturated rings. The fraction of sp³-hybridized carbons (Fsp3) is 0.600. The first-order valence-corrected chi connectivity index (χ1v) is 10.1. The third-order valence-corrected chi connectivity index (χ3v) is 5.58. The largest absolute Gasteiger partial charge is 0.468 e. The van der Waals surface area contributed by atoms with Crippen LogP contribution in [0.4, 0.5) is 0 Å². The van der Waals surface area contributed by atoms with Crippen LogP contribution in [0.3, 0.4) is 0 Å². The number of hydrogen-bond acceptors (Lipinski definition) is 5. The highest BCUT2D eigenvalue weighted by Crippen LogP contribution is 2.25. The Morgan fingerprint density at radius 3 is 2.89 bits per heavy atom. The van der Waals surface area contributed by atoms with Crippen LogP contribution in [0.1, 0.15) is 36.3 Å². The van der Waals surface area contributed by atoms with Gasteiger partial charge in [-0.2, -0.15) is 5.10 Å². The van der Waals surface area contributed by atoms with E-state index < -0.39 is 0 Å². The number of aryl methyl sites for hydroxylation is 1. The highest BCUT2D eigenvalue weighted by Gasteiger charge is 2.28. The quantitative estimate of drug-likeness (QED) is 0.624. The van der Waals surface area contributed by atoms with Gasteiger partial charge in [0.2, 0.25) is 0 Å². The molecule has 8 nitrogen and oxygen atoms in total. The van der Waals surface area contributed by atoms with E-state index in [0.717, 1.165) is 50.0 Å². The topological polar surface area (TPSA) is 71.1 Å². The molecule has 28 heavy (non-hydrogen) atoms. The van der Waals surface area contributed by atoms with Crippen molar-refractivity contribution in [2.75, 3.05) is 46.4 Å². The van der Waals surface area contributed by atoms with E-state index in [0.29, 0.717) is 6.61 Å². The van der Waals surface area contributed by atoms with Gasteiger partial charge in [-0.15, -0.1) is 0 Å². The number of likely N-dealkylation sites (tertiary alicyclic amines) is 1. The van der Waals surface area contributed by atoms with E-state index in [2.05, 4.69) is 31.3 Å². The Kier molecular flexibility index (Phi) is 5.97. The van der Waals surface area contributed by atoms with Crippen LogP contribution in [-0.2, 0) is 11.8 Å². The van der Waals surface area contributed by atoms with E-state index in [9.17, 15) is 0 Å². The third kappa shape index (κ3) is 4.23. The lowest BCUT2D eigenvalue weighted by Gasteiger charge is -2.35. The van der Waals surface area contributed by atoms with Gasteiger partial charge in [-0.3, -0.25) is 14.6 Å². The SMILES string of the molecule is CN=C(NCC(c1ccco1)N1CCCC1)N1CCOC(c2cnn(C)c2)C1. The average Bonchev–Trinajstić information content (AvgIpc) is 3.48. The standard InChI is InChI=1S/C20H30N6O2/c1-21-20(26-9-11-28-19(15-26)16-12-23-24(2)14-16)22-13-17(18-6-5-10-27-18)25-7-3-4-8-25/h5-6,10,12,14,17,19H,3-4,7-9,11,13,15H2,1-2H3,(H,21,22). The second-order valence-corrected chi connectivity index (χ2v) is 7.46. The van der Waals surface area contributed by atoms with E-state index in [1.807, 2.05) is 37.2 Å². The Morgan fingerprint density at radius 1 is 1.36 bits per heavy atom. The maximum Gasteiger partial charge on any atom is 0.193 e. The van der Waals surface area contributed by atoms with Crippen LogP contribution in [0.2, 0.25) is 0 Å². The molecule has 0 bridgehead atoms. The molecule has 8 heteroatoms. The van der Waals surface area contributed by atoms with Gasteiger partial charge in [0.15, 0.2) is 5.96 Å². The predicted octanol–water partition coefficient (Wildman–Crippen LogP) is 1.80. The summed E-state index contributed by atoms with van der Waals surface area (Å²) in [6.45, 7) is 5.27. The first-order chi connectivity index (χ1) is 13.7. The smallest absolute Gasteiger partial charge is 0.193 e. The van der Waals surface area contributed by atoms with E-state index in [4.69, 9.17) is 9.15 Å². The summed E-state index contributed by atoms with van der Waals surface area (Å²) in [7, 11) is 3.77. The van der Waals surface area contributed by atoms with Gasteiger partial charge in [0, 0.05) is 38.9 Å². The van der Waals surface area contributed by atoms with Crippen LogP contribution in [0.15, 0.2) is 40.2 Å². The summed E-state index contributed by atoms with van der Waals surface area (Å²) < 4.78 is 13.5. The second kappa shape index (κ2) is 8.79. The highest BCUT2D eigenvalue weighted by atomic mass is 16.5. The first kappa shape index (κ1) is 19.0. The number of aromatic nitrogens is 2. The molecule has 0 aliphatic carbocycles. The number of morpholine rings is 1. The van der Waals surface area contributed by atoms with Crippen LogP contribution < -0.4 is 5.32 Å². The van der Waals surface area contributed by atoms with Crippen molar-refractivity contribution in [3.05, 3.63) is 42.1 Å². The normalized spacial score (nSPS) is 22.6. The first-order valence-electron chi connectivity index (χ1n) is 10.1. The molecule has 0 aromatic carbocycles. The van der Waals surface area contributed by atoms with Crippen LogP contribution in [0.5, 0.6) is 0 Å². The van der Waals surface area contributed by atoms with E-state index >= 15 is 0 Å². The van der Waals surface area contributed by atoms with Gasteiger partial charge in [0.05, 0.1) is 31.7 Å². The number of aliphatic imine (C=N–C) groups is 1. The Morgan fingerprint density at radius 2 is 2.21 bits per heavy atom. The van der Waals surface area contributed by atoms with Gasteiger partial charge >= 0.3 is 0 Å². The monoisotopic (exact) mass is 386 g/mol. The van der Waals surface area contributed by atoms with Gasteiger partial charge in [0.25, 0.3) is 0 Å². The zero-order valence-electron chi connectivity index (χ0n) is 16.8. The maximum absolute atomic E-state index is 5.97. The fourth-order valence-electron chi connectivity index (χ4n) is 4.11. The number of hydrogen-bond donors (Lipinski definition) is 1. The fourth-order valence-corrected chi connectivity index (χ4v) is 4.11. The lowest BCUT2D eigenvalue weighted by molar-refractivity contribution is -0.00814. The van der Waals surface area contributed by atoms with Crippen LogP contribution in [0.25, 0.3) is 0 Å². The molecule has 0 amide bonds. The summed E-state index contributed by atoms with van der Waals surface area (Å²) in [5.74, 6) is 1.92. The Labute approximate surface area is 166 Å². The number of ether oxygens (including phenoxy) is 1. The summed E-state index contributed by atoms with van der Waals surface area (Å²) in [6, 6.07) is 4.26. The molecule has 0 spiro atoms. The van der Waals surface area contributed by atoms with Crippen molar-refractivity contribution in [1.82, 2.24) is 24.9 Å². The minimum absolute atomic E-state index is 0.0143. The van der Waals surface area contributed by atoms with Gasteiger partial charge in [0.1, 0.15) is 11.9 Å². The minimum atomic E-state index is 0.0143. The van der Waals surface area contributed by atoms with Gasteiger partial charge in [-0.1, -0.05) is 0 Å². The number of nitrogens with zero attached hydrogens (tertiary/aromatic N) is 5. The van der Waals surface area contributed by atoms with Crippen LogP contribution >= 0.6 is 0 Å². The molecule has 2 atom stereocenters. The zero-order valence-corrected chi connectivity index (χ0v) is 16.8. The van der Waals surface area contributed by atoms with E-state index in [-0.39, 0.29) is 12.1 Å². The van der Waals surface area contributed by atoms with Crippen molar-refractivity contribution < 1.29 is 9.15 Å².